The molecule has 1 atom stereocenters. The van der Waals surface area contributed by atoms with Crippen LogP contribution in [-0.2, 0) is 4.79 Å². The van der Waals surface area contributed by atoms with Crippen molar-refractivity contribution in [3.63, 3.8) is 0 Å². The highest BCUT2D eigenvalue weighted by atomic mass is 16.5. The number of carbonyl (C=O) groups is 2. The summed E-state index contributed by atoms with van der Waals surface area (Å²) in [5, 5.41) is 9.14. The summed E-state index contributed by atoms with van der Waals surface area (Å²) in [6.07, 6.45) is 0. The standard InChI is InChI=1S/C15H20O4/c1-5-19-12-7-6-11(8-10(12)4)14(16)13(9(2)3)15(17)18/h6-9,13H,5H2,1-4H3,(H,17,18). The zero-order chi connectivity index (χ0) is 14.6. The van der Waals surface area contributed by atoms with Crippen molar-refractivity contribution < 1.29 is 19.4 Å². The van der Waals surface area contributed by atoms with Crippen molar-refractivity contribution in [2.24, 2.45) is 11.8 Å². The number of aliphatic carboxylic acids is 1. The summed E-state index contributed by atoms with van der Waals surface area (Å²) in [5.41, 5.74) is 1.25. The summed E-state index contributed by atoms with van der Waals surface area (Å²) >= 11 is 0. The number of carboxylic acid groups (broad SMARTS) is 1. The van der Waals surface area contributed by atoms with E-state index in [1.54, 1.807) is 32.0 Å². The molecule has 0 aliphatic carbocycles. The lowest BCUT2D eigenvalue weighted by atomic mass is 9.87. The van der Waals surface area contributed by atoms with E-state index in [1.165, 1.54) is 0 Å². The maximum atomic E-state index is 12.2. The lowest BCUT2D eigenvalue weighted by Gasteiger charge is -2.16. The van der Waals surface area contributed by atoms with Gasteiger partial charge in [-0.3, -0.25) is 9.59 Å². The largest absolute Gasteiger partial charge is 0.494 e. The van der Waals surface area contributed by atoms with Crippen molar-refractivity contribution in [3.05, 3.63) is 29.3 Å². The van der Waals surface area contributed by atoms with Crippen LogP contribution in [0.15, 0.2) is 18.2 Å². The molecule has 0 aliphatic rings. The number of rotatable bonds is 6. The van der Waals surface area contributed by atoms with Gasteiger partial charge in [0, 0.05) is 5.56 Å². The predicted octanol–water partition coefficient (Wildman–Crippen LogP) is 2.93. The van der Waals surface area contributed by atoms with Gasteiger partial charge in [-0.15, -0.1) is 0 Å². The quantitative estimate of drug-likeness (QED) is 0.634. The van der Waals surface area contributed by atoms with E-state index >= 15 is 0 Å². The second-order valence-electron chi connectivity index (χ2n) is 4.84. The van der Waals surface area contributed by atoms with Gasteiger partial charge in [0.1, 0.15) is 11.7 Å². The fourth-order valence-corrected chi connectivity index (χ4v) is 2.00. The van der Waals surface area contributed by atoms with Gasteiger partial charge in [-0.1, -0.05) is 13.8 Å². The molecule has 0 saturated heterocycles. The second kappa shape index (κ2) is 6.36. The van der Waals surface area contributed by atoms with Crippen molar-refractivity contribution in [1.29, 1.82) is 0 Å². The summed E-state index contributed by atoms with van der Waals surface area (Å²) in [7, 11) is 0. The zero-order valence-electron chi connectivity index (χ0n) is 11.8. The minimum atomic E-state index is -1.08. The fourth-order valence-electron chi connectivity index (χ4n) is 2.00. The van der Waals surface area contributed by atoms with Gasteiger partial charge in [-0.25, -0.2) is 0 Å². The van der Waals surface area contributed by atoms with Crippen molar-refractivity contribution in [3.8, 4) is 5.75 Å². The molecule has 0 fully saturated rings. The van der Waals surface area contributed by atoms with Crippen molar-refractivity contribution in [2.45, 2.75) is 27.7 Å². The Labute approximate surface area is 113 Å². The second-order valence-corrected chi connectivity index (χ2v) is 4.84. The van der Waals surface area contributed by atoms with Crippen LogP contribution in [0.1, 0.15) is 36.7 Å². The van der Waals surface area contributed by atoms with E-state index in [9.17, 15) is 9.59 Å². The highest BCUT2D eigenvalue weighted by Crippen LogP contribution is 2.23. The van der Waals surface area contributed by atoms with Gasteiger partial charge in [-0.05, 0) is 43.5 Å². The van der Waals surface area contributed by atoms with E-state index in [2.05, 4.69) is 0 Å². The molecular weight excluding hydrogens is 244 g/mol. The number of Topliss-reactive ketones (excluding diaryl/α,β-unsaturated/α-hetero) is 1. The molecule has 0 radical (unpaired) electrons. The molecule has 0 heterocycles. The first-order valence-electron chi connectivity index (χ1n) is 6.39. The van der Waals surface area contributed by atoms with E-state index in [-0.39, 0.29) is 11.7 Å². The average Bonchev–Trinajstić information content (AvgIpc) is 2.30. The van der Waals surface area contributed by atoms with Crippen LogP contribution in [0.3, 0.4) is 0 Å². The Morgan fingerprint density at radius 1 is 1.32 bits per heavy atom. The molecule has 1 N–H and O–H groups in total. The average molecular weight is 264 g/mol. The van der Waals surface area contributed by atoms with Gasteiger partial charge in [0.05, 0.1) is 6.61 Å². The smallest absolute Gasteiger partial charge is 0.314 e. The van der Waals surface area contributed by atoms with Crippen molar-refractivity contribution >= 4 is 11.8 Å². The van der Waals surface area contributed by atoms with Crippen LogP contribution >= 0.6 is 0 Å². The van der Waals surface area contributed by atoms with Crippen LogP contribution in [0.25, 0.3) is 0 Å². The normalized spacial score (nSPS) is 12.3. The topological polar surface area (TPSA) is 63.6 Å². The van der Waals surface area contributed by atoms with Gasteiger partial charge < -0.3 is 9.84 Å². The summed E-state index contributed by atoms with van der Waals surface area (Å²) < 4.78 is 5.40. The summed E-state index contributed by atoms with van der Waals surface area (Å²) in [5.74, 6) is -1.95. The van der Waals surface area contributed by atoms with Crippen LogP contribution < -0.4 is 4.74 Å². The molecule has 0 aromatic heterocycles. The van der Waals surface area contributed by atoms with Gasteiger partial charge in [0.2, 0.25) is 0 Å². The third-order valence-corrected chi connectivity index (χ3v) is 2.97. The van der Waals surface area contributed by atoms with E-state index in [1.807, 2.05) is 13.8 Å². The fraction of sp³-hybridized carbons (Fsp3) is 0.467. The molecule has 1 aromatic rings. The Balaban J connectivity index is 3.06. The van der Waals surface area contributed by atoms with Crippen LogP contribution in [0, 0.1) is 18.8 Å². The maximum absolute atomic E-state index is 12.2. The minimum absolute atomic E-state index is 0.239. The maximum Gasteiger partial charge on any atom is 0.314 e. The van der Waals surface area contributed by atoms with Crippen LogP contribution in [0.4, 0.5) is 0 Å². The Morgan fingerprint density at radius 3 is 2.37 bits per heavy atom. The third-order valence-electron chi connectivity index (χ3n) is 2.97. The minimum Gasteiger partial charge on any atom is -0.494 e. The lowest BCUT2D eigenvalue weighted by Crippen LogP contribution is -2.28. The zero-order valence-corrected chi connectivity index (χ0v) is 11.8. The van der Waals surface area contributed by atoms with Crippen LogP contribution in [0.5, 0.6) is 5.75 Å². The summed E-state index contributed by atoms with van der Waals surface area (Å²) in [6, 6.07) is 5.02. The Kier molecular flexibility index (Phi) is 5.10. The van der Waals surface area contributed by atoms with E-state index < -0.39 is 11.9 Å². The molecule has 4 nitrogen and oxygen atoms in total. The molecular formula is C15H20O4. The number of carboxylic acids is 1. The Morgan fingerprint density at radius 2 is 1.95 bits per heavy atom. The number of ketones is 1. The van der Waals surface area contributed by atoms with Crippen molar-refractivity contribution in [1.82, 2.24) is 0 Å². The van der Waals surface area contributed by atoms with Crippen molar-refractivity contribution in [2.75, 3.05) is 6.61 Å². The van der Waals surface area contributed by atoms with Crippen LogP contribution in [-0.4, -0.2) is 23.5 Å². The predicted molar refractivity (Wildman–Crippen MR) is 72.6 cm³/mol. The third kappa shape index (κ3) is 3.56. The molecule has 0 aliphatic heterocycles. The highest BCUT2D eigenvalue weighted by molar-refractivity contribution is 6.08. The molecule has 1 rings (SSSR count). The number of hydrogen-bond donors (Lipinski definition) is 1. The molecule has 104 valence electrons. The Hall–Kier alpha value is -1.84. The highest BCUT2D eigenvalue weighted by Gasteiger charge is 2.30. The molecule has 4 heteroatoms. The molecule has 0 amide bonds. The van der Waals surface area contributed by atoms with Gasteiger partial charge in [0.25, 0.3) is 0 Å². The number of benzene rings is 1. The molecule has 0 saturated carbocycles. The molecule has 19 heavy (non-hydrogen) atoms. The molecule has 1 aromatic carbocycles. The number of carbonyl (C=O) groups excluding carboxylic acids is 1. The first kappa shape index (κ1) is 15.2. The van der Waals surface area contributed by atoms with E-state index in [0.29, 0.717) is 12.2 Å². The summed E-state index contributed by atoms with van der Waals surface area (Å²) in [6.45, 7) is 7.75. The summed E-state index contributed by atoms with van der Waals surface area (Å²) in [4.78, 5) is 23.4. The van der Waals surface area contributed by atoms with Crippen LogP contribution in [0.2, 0.25) is 0 Å². The van der Waals surface area contributed by atoms with Gasteiger partial charge >= 0.3 is 5.97 Å². The first-order chi connectivity index (χ1) is 8.88. The van der Waals surface area contributed by atoms with E-state index in [4.69, 9.17) is 9.84 Å². The molecule has 0 spiro atoms. The van der Waals surface area contributed by atoms with E-state index in [0.717, 1.165) is 11.3 Å². The van der Waals surface area contributed by atoms with Gasteiger partial charge in [-0.2, -0.15) is 0 Å². The lowest BCUT2D eigenvalue weighted by molar-refractivity contribution is -0.141. The monoisotopic (exact) mass is 264 g/mol. The molecule has 1 unspecified atom stereocenters. The SMILES string of the molecule is CCOc1ccc(C(=O)C(C(=O)O)C(C)C)cc1C. The number of ether oxygens (including phenoxy) is 1. The number of hydrogen-bond acceptors (Lipinski definition) is 3. The van der Waals surface area contributed by atoms with Gasteiger partial charge in [0.15, 0.2) is 5.78 Å². The Bertz CT molecular complexity index is 477. The molecule has 0 bridgehead atoms. The number of aryl methyl sites for hydroxylation is 1. The first-order valence-corrected chi connectivity index (χ1v) is 6.39.